The van der Waals surface area contributed by atoms with Crippen molar-refractivity contribution in [3.05, 3.63) is 48.5 Å². The standard InChI is InChI=1S/C13H13N3OS/c1-2-6-15-13(17)16-11-5-3-4-10(9-11)12-14-7-8-18-12/h2-5,7-9H,1,6H2,(H2,15,16,17). The second-order valence-electron chi connectivity index (χ2n) is 3.54. The van der Waals surface area contributed by atoms with Gasteiger partial charge in [0.2, 0.25) is 0 Å². The van der Waals surface area contributed by atoms with Gasteiger partial charge in [-0.15, -0.1) is 17.9 Å². The Bertz CT molecular complexity index is 537. The number of nitrogens with one attached hydrogen (secondary N) is 2. The summed E-state index contributed by atoms with van der Waals surface area (Å²) in [5, 5.41) is 8.27. The quantitative estimate of drug-likeness (QED) is 0.829. The number of nitrogens with zero attached hydrogens (tertiary/aromatic N) is 1. The molecule has 4 nitrogen and oxygen atoms in total. The van der Waals surface area contributed by atoms with Gasteiger partial charge in [-0.05, 0) is 12.1 Å². The lowest BCUT2D eigenvalue weighted by Crippen LogP contribution is -2.28. The highest BCUT2D eigenvalue weighted by Gasteiger charge is 2.03. The van der Waals surface area contributed by atoms with Crippen LogP contribution in [0, 0.1) is 0 Å². The van der Waals surface area contributed by atoms with Crippen LogP contribution in [0.1, 0.15) is 0 Å². The first kappa shape index (κ1) is 12.3. The van der Waals surface area contributed by atoms with E-state index < -0.39 is 0 Å². The van der Waals surface area contributed by atoms with E-state index in [0.29, 0.717) is 6.54 Å². The highest BCUT2D eigenvalue weighted by molar-refractivity contribution is 7.13. The number of hydrogen-bond donors (Lipinski definition) is 2. The molecule has 0 aliphatic heterocycles. The van der Waals surface area contributed by atoms with Crippen LogP contribution in [0.3, 0.4) is 0 Å². The highest BCUT2D eigenvalue weighted by atomic mass is 32.1. The van der Waals surface area contributed by atoms with Crippen LogP contribution >= 0.6 is 11.3 Å². The van der Waals surface area contributed by atoms with E-state index >= 15 is 0 Å². The van der Waals surface area contributed by atoms with Crippen molar-refractivity contribution in [1.29, 1.82) is 0 Å². The number of carbonyl (C=O) groups is 1. The van der Waals surface area contributed by atoms with Crippen molar-refractivity contribution in [2.24, 2.45) is 0 Å². The van der Waals surface area contributed by atoms with Crippen molar-refractivity contribution in [3.63, 3.8) is 0 Å². The molecular formula is C13H13N3OS. The molecule has 0 aliphatic rings. The summed E-state index contributed by atoms with van der Waals surface area (Å²) >= 11 is 1.56. The molecule has 0 spiro atoms. The Labute approximate surface area is 109 Å². The fourth-order valence-corrected chi connectivity index (χ4v) is 2.07. The molecule has 2 rings (SSSR count). The molecule has 2 aromatic rings. The third kappa shape index (κ3) is 3.18. The van der Waals surface area contributed by atoms with Crippen LogP contribution in [0.5, 0.6) is 0 Å². The van der Waals surface area contributed by atoms with Gasteiger partial charge in [-0.1, -0.05) is 18.2 Å². The van der Waals surface area contributed by atoms with Gasteiger partial charge in [-0.25, -0.2) is 9.78 Å². The first-order valence-electron chi connectivity index (χ1n) is 5.45. The second kappa shape index (κ2) is 5.97. The summed E-state index contributed by atoms with van der Waals surface area (Å²) in [6.07, 6.45) is 3.39. The lowest BCUT2D eigenvalue weighted by atomic mass is 10.2. The van der Waals surface area contributed by atoms with Crippen LogP contribution in [0.25, 0.3) is 10.6 Å². The number of carbonyl (C=O) groups excluding carboxylic acids is 1. The van der Waals surface area contributed by atoms with Gasteiger partial charge in [0.25, 0.3) is 0 Å². The summed E-state index contributed by atoms with van der Waals surface area (Å²) < 4.78 is 0. The molecule has 0 atom stereocenters. The van der Waals surface area contributed by atoms with Gasteiger partial charge in [0.15, 0.2) is 0 Å². The molecular weight excluding hydrogens is 246 g/mol. The second-order valence-corrected chi connectivity index (χ2v) is 4.44. The van der Waals surface area contributed by atoms with E-state index in [1.807, 2.05) is 29.6 Å². The Hall–Kier alpha value is -2.14. The van der Waals surface area contributed by atoms with Gasteiger partial charge in [-0.2, -0.15) is 0 Å². The van der Waals surface area contributed by atoms with E-state index in [1.165, 1.54) is 0 Å². The normalized spacial score (nSPS) is 9.78. The number of aromatic nitrogens is 1. The van der Waals surface area contributed by atoms with E-state index in [9.17, 15) is 4.79 Å². The van der Waals surface area contributed by atoms with Crippen LogP contribution in [0.4, 0.5) is 10.5 Å². The average Bonchev–Trinajstić information content (AvgIpc) is 2.90. The van der Waals surface area contributed by atoms with Crippen LogP contribution in [-0.4, -0.2) is 17.6 Å². The van der Waals surface area contributed by atoms with Crippen LogP contribution in [-0.2, 0) is 0 Å². The summed E-state index contributed by atoms with van der Waals surface area (Å²) in [5.41, 5.74) is 1.73. The zero-order valence-electron chi connectivity index (χ0n) is 9.72. The van der Waals surface area contributed by atoms with Crippen molar-refractivity contribution < 1.29 is 4.79 Å². The number of anilines is 1. The zero-order valence-corrected chi connectivity index (χ0v) is 10.5. The molecule has 2 N–H and O–H groups in total. The topological polar surface area (TPSA) is 54.0 Å². The molecule has 18 heavy (non-hydrogen) atoms. The lowest BCUT2D eigenvalue weighted by Gasteiger charge is -2.06. The lowest BCUT2D eigenvalue weighted by molar-refractivity contribution is 0.253. The van der Waals surface area contributed by atoms with Crippen molar-refractivity contribution in [3.8, 4) is 10.6 Å². The zero-order chi connectivity index (χ0) is 12.8. The Morgan fingerprint density at radius 2 is 2.39 bits per heavy atom. The van der Waals surface area contributed by atoms with Crippen molar-refractivity contribution in [2.75, 3.05) is 11.9 Å². The van der Waals surface area contributed by atoms with Gasteiger partial charge < -0.3 is 10.6 Å². The summed E-state index contributed by atoms with van der Waals surface area (Å²) in [4.78, 5) is 15.7. The van der Waals surface area contributed by atoms with Gasteiger partial charge >= 0.3 is 6.03 Å². The highest BCUT2D eigenvalue weighted by Crippen LogP contribution is 2.24. The van der Waals surface area contributed by atoms with Gasteiger partial charge in [0.05, 0.1) is 0 Å². The molecule has 0 bridgehead atoms. The fraction of sp³-hybridized carbons (Fsp3) is 0.0769. The molecule has 1 heterocycles. The fourth-order valence-electron chi connectivity index (χ4n) is 1.44. The molecule has 0 saturated heterocycles. The molecule has 0 aliphatic carbocycles. The molecule has 92 valence electrons. The molecule has 0 unspecified atom stereocenters. The maximum Gasteiger partial charge on any atom is 0.319 e. The number of amides is 2. The minimum atomic E-state index is -0.244. The largest absolute Gasteiger partial charge is 0.334 e. The van der Waals surface area contributed by atoms with Crippen LogP contribution in [0.2, 0.25) is 0 Å². The Morgan fingerprint density at radius 1 is 1.50 bits per heavy atom. The van der Waals surface area contributed by atoms with E-state index in [0.717, 1.165) is 16.3 Å². The molecule has 0 radical (unpaired) electrons. The number of rotatable bonds is 4. The summed E-state index contributed by atoms with van der Waals surface area (Å²) in [6.45, 7) is 3.98. The maximum atomic E-state index is 11.5. The first-order valence-corrected chi connectivity index (χ1v) is 6.33. The third-order valence-electron chi connectivity index (χ3n) is 2.21. The van der Waals surface area contributed by atoms with Crippen LogP contribution in [0.15, 0.2) is 48.5 Å². The van der Waals surface area contributed by atoms with Crippen LogP contribution < -0.4 is 10.6 Å². The minimum absolute atomic E-state index is 0.244. The number of benzene rings is 1. The summed E-state index contributed by atoms with van der Waals surface area (Å²) in [7, 11) is 0. The summed E-state index contributed by atoms with van der Waals surface area (Å²) in [5.74, 6) is 0. The van der Waals surface area contributed by atoms with E-state index in [-0.39, 0.29) is 6.03 Å². The maximum absolute atomic E-state index is 11.5. The molecule has 1 aromatic heterocycles. The number of hydrogen-bond acceptors (Lipinski definition) is 3. The van der Waals surface area contributed by atoms with E-state index in [1.54, 1.807) is 23.6 Å². The first-order chi connectivity index (χ1) is 8.79. The molecule has 0 saturated carbocycles. The Kier molecular flexibility index (Phi) is 4.09. The molecule has 0 fully saturated rings. The van der Waals surface area contributed by atoms with Gasteiger partial charge in [-0.3, -0.25) is 0 Å². The van der Waals surface area contributed by atoms with Crippen molar-refractivity contribution >= 4 is 23.1 Å². The monoisotopic (exact) mass is 259 g/mol. The van der Waals surface area contributed by atoms with Gasteiger partial charge in [0.1, 0.15) is 5.01 Å². The van der Waals surface area contributed by atoms with E-state index in [2.05, 4.69) is 22.2 Å². The SMILES string of the molecule is C=CCNC(=O)Nc1cccc(-c2nccs2)c1. The van der Waals surface area contributed by atoms with Crippen molar-refractivity contribution in [2.45, 2.75) is 0 Å². The average molecular weight is 259 g/mol. The van der Waals surface area contributed by atoms with Crippen molar-refractivity contribution in [1.82, 2.24) is 10.3 Å². The van der Waals surface area contributed by atoms with E-state index in [4.69, 9.17) is 0 Å². The molecule has 5 heteroatoms. The third-order valence-corrected chi connectivity index (χ3v) is 3.03. The Balaban J connectivity index is 2.08. The smallest absolute Gasteiger partial charge is 0.319 e. The predicted molar refractivity (Wildman–Crippen MR) is 74.8 cm³/mol. The number of urea groups is 1. The Morgan fingerprint density at radius 3 is 3.11 bits per heavy atom. The summed E-state index contributed by atoms with van der Waals surface area (Å²) in [6, 6.07) is 7.34. The molecule has 1 aromatic carbocycles. The number of thiazole rings is 1. The molecule has 2 amide bonds. The predicted octanol–water partition coefficient (Wildman–Crippen LogP) is 3.12. The van der Waals surface area contributed by atoms with Gasteiger partial charge in [0, 0.05) is 29.4 Å². The minimum Gasteiger partial charge on any atom is -0.334 e.